The highest BCUT2D eigenvalue weighted by atomic mass is 14.9. The predicted octanol–water partition coefficient (Wildman–Crippen LogP) is 4.30. The van der Waals surface area contributed by atoms with Crippen molar-refractivity contribution in [2.24, 2.45) is 0 Å². The van der Waals surface area contributed by atoms with Gasteiger partial charge in [-0.05, 0) is 43.0 Å². The maximum absolute atomic E-state index is 4.14. The lowest BCUT2D eigenvalue weighted by atomic mass is 10.0. The Bertz CT molecular complexity index is 402. The molecule has 1 aromatic rings. The van der Waals surface area contributed by atoms with Crippen LogP contribution in [0.1, 0.15) is 37.8 Å². The summed E-state index contributed by atoms with van der Waals surface area (Å²) in [6, 6.07) is 8.35. The summed E-state index contributed by atoms with van der Waals surface area (Å²) in [6.07, 6.45) is 4.55. The highest BCUT2D eigenvalue weighted by Gasteiger charge is 1.99. The molecule has 0 heterocycles. The van der Waals surface area contributed by atoms with Crippen molar-refractivity contribution < 1.29 is 0 Å². The van der Waals surface area contributed by atoms with Crippen LogP contribution in [0.3, 0.4) is 0 Å². The van der Waals surface area contributed by atoms with Crippen molar-refractivity contribution in [1.29, 1.82) is 0 Å². The van der Waals surface area contributed by atoms with Gasteiger partial charge in [-0.3, -0.25) is 0 Å². The van der Waals surface area contributed by atoms with Gasteiger partial charge < -0.3 is 5.32 Å². The van der Waals surface area contributed by atoms with Gasteiger partial charge in [0.1, 0.15) is 0 Å². The second-order valence-electron chi connectivity index (χ2n) is 4.45. The molecule has 0 bridgehead atoms. The minimum atomic E-state index is 1.04. The third kappa shape index (κ3) is 4.48. The van der Waals surface area contributed by atoms with E-state index in [1.165, 1.54) is 29.7 Å². The molecule has 0 aliphatic rings. The van der Waals surface area contributed by atoms with E-state index in [0.29, 0.717) is 0 Å². The van der Waals surface area contributed by atoms with Gasteiger partial charge in [0.25, 0.3) is 0 Å². The standard InChI is InChI=1S/C16H23N/c1-5-6-11-17-15(4)12-14(3)16-10-8-7-9-13(16)2/h7-10,12,17H,3,5-6,11H2,1-2,4H3/b15-12+. The zero-order valence-electron chi connectivity index (χ0n) is 11.2. The largest absolute Gasteiger partial charge is 0.389 e. The molecule has 0 unspecified atom stereocenters. The molecule has 0 spiro atoms. The van der Waals surface area contributed by atoms with Crippen LogP contribution in [0.2, 0.25) is 0 Å². The molecule has 1 rings (SSSR count). The van der Waals surface area contributed by atoms with E-state index in [9.17, 15) is 0 Å². The number of unbranched alkanes of at least 4 members (excludes halogenated alkanes) is 1. The number of allylic oxidation sites excluding steroid dienone is 3. The SMILES string of the molecule is C=C(/C=C(\C)NCCCC)c1ccccc1C. The van der Waals surface area contributed by atoms with Gasteiger partial charge in [0.05, 0.1) is 0 Å². The summed E-state index contributed by atoms with van der Waals surface area (Å²) in [5.41, 5.74) is 4.76. The average molecular weight is 229 g/mol. The predicted molar refractivity (Wildman–Crippen MR) is 76.9 cm³/mol. The van der Waals surface area contributed by atoms with Crippen molar-refractivity contribution in [3.8, 4) is 0 Å². The van der Waals surface area contributed by atoms with Crippen LogP contribution in [0.15, 0.2) is 42.6 Å². The molecule has 0 amide bonds. The van der Waals surface area contributed by atoms with Crippen LogP contribution in [0.5, 0.6) is 0 Å². The van der Waals surface area contributed by atoms with Crippen molar-refractivity contribution in [3.63, 3.8) is 0 Å². The third-order valence-corrected chi connectivity index (χ3v) is 2.82. The summed E-state index contributed by atoms with van der Waals surface area (Å²) in [5, 5.41) is 3.40. The molecule has 92 valence electrons. The molecular weight excluding hydrogens is 206 g/mol. The molecular formula is C16H23N. The number of hydrogen-bond donors (Lipinski definition) is 1. The first-order valence-electron chi connectivity index (χ1n) is 6.32. The number of rotatable bonds is 6. The Morgan fingerprint density at radius 1 is 1.35 bits per heavy atom. The Balaban J connectivity index is 2.65. The molecule has 0 saturated carbocycles. The quantitative estimate of drug-likeness (QED) is 0.566. The number of benzene rings is 1. The Hall–Kier alpha value is -1.50. The molecule has 0 radical (unpaired) electrons. The fourth-order valence-electron chi connectivity index (χ4n) is 1.79. The Labute approximate surface area is 105 Å². The lowest BCUT2D eigenvalue weighted by Crippen LogP contribution is -2.12. The van der Waals surface area contributed by atoms with E-state index in [0.717, 1.165) is 12.1 Å². The maximum atomic E-state index is 4.14. The normalized spacial score (nSPS) is 11.4. The van der Waals surface area contributed by atoms with Gasteiger partial charge >= 0.3 is 0 Å². The highest BCUT2D eigenvalue weighted by molar-refractivity contribution is 5.74. The second kappa shape index (κ2) is 6.95. The van der Waals surface area contributed by atoms with Crippen LogP contribution in [0.25, 0.3) is 5.57 Å². The minimum absolute atomic E-state index is 1.04. The second-order valence-corrected chi connectivity index (χ2v) is 4.45. The first-order valence-corrected chi connectivity index (χ1v) is 6.32. The number of hydrogen-bond acceptors (Lipinski definition) is 1. The fraction of sp³-hybridized carbons (Fsp3) is 0.375. The van der Waals surface area contributed by atoms with Crippen molar-refractivity contribution in [2.75, 3.05) is 6.54 Å². The Morgan fingerprint density at radius 2 is 2.06 bits per heavy atom. The first kappa shape index (κ1) is 13.6. The Morgan fingerprint density at radius 3 is 2.71 bits per heavy atom. The molecule has 0 fully saturated rings. The summed E-state index contributed by atoms with van der Waals surface area (Å²) in [7, 11) is 0. The maximum Gasteiger partial charge on any atom is 0.0143 e. The summed E-state index contributed by atoms with van der Waals surface area (Å²) >= 11 is 0. The van der Waals surface area contributed by atoms with E-state index in [-0.39, 0.29) is 0 Å². The summed E-state index contributed by atoms with van der Waals surface area (Å²) in [5.74, 6) is 0. The number of nitrogens with one attached hydrogen (secondary N) is 1. The van der Waals surface area contributed by atoms with Gasteiger partial charge in [-0.25, -0.2) is 0 Å². The molecule has 1 aromatic carbocycles. The molecule has 17 heavy (non-hydrogen) atoms. The van der Waals surface area contributed by atoms with Gasteiger partial charge in [0, 0.05) is 12.2 Å². The summed E-state index contributed by atoms with van der Waals surface area (Å²) < 4.78 is 0. The zero-order chi connectivity index (χ0) is 12.7. The van der Waals surface area contributed by atoms with Crippen molar-refractivity contribution in [1.82, 2.24) is 5.32 Å². The molecule has 1 heteroatoms. The van der Waals surface area contributed by atoms with Crippen molar-refractivity contribution in [3.05, 3.63) is 53.7 Å². The first-order chi connectivity index (χ1) is 8.15. The molecule has 0 atom stereocenters. The topological polar surface area (TPSA) is 12.0 Å². The third-order valence-electron chi connectivity index (χ3n) is 2.82. The van der Waals surface area contributed by atoms with Crippen LogP contribution in [-0.4, -0.2) is 6.54 Å². The molecule has 0 aliphatic carbocycles. The van der Waals surface area contributed by atoms with Gasteiger partial charge in [-0.15, -0.1) is 0 Å². The van der Waals surface area contributed by atoms with E-state index in [1.807, 2.05) is 0 Å². The fourth-order valence-corrected chi connectivity index (χ4v) is 1.79. The van der Waals surface area contributed by atoms with E-state index in [2.05, 4.69) is 63.0 Å². The number of aryl methyl sites for hydroxylation is 1. The minimum Gasteiger partial charge on any atom is -0.389 e. The van der Waals surface area contributed by atoms with Gasteiger partial charge in [0.15, 0.2) is 0 Å². The van der Waals surface area contributed by atoms with Crippen LogP contribution in [0.4, 0.5) is 0 Å². The van der Waals surface area contributed by atoms with E-state index in [1.54, 1.807) is 0 Å². The Kier molecular flexibility index (Phi) is 5.55. The van der Waals surface area contributed by atoms with Crippen molar-refractivity contribution >= 4 is 5.57 Å². The molecule has 0 aliphatic heterocycles. The molecule has 1 nitrogen and oxygen atoms in total. The van der Waals surface area contributed by atoms with Crippen LogP contribution in [-0.2, 0) is 0 Å². The van der Waals surface area contributed by atoms with Crippen LogP contribution in [0, 0.1) is 6.92 Å². The average Bonchev–Trinajstić information content (AvgIpc) is 2.29. The lowest BCUT2D eigenvalue weighted by molar-refractivity contribution is 0.711. The summed E-state index contributed by atoms with van der Waals surface area (Å²) in [4.78, 5) is 0. The smallest absolute Gasteiger partial charge is 0.0143 e. The van der Waals surface area contributed by atoms with Gasteiger partial charge in [-0.2, -0.15) is 0 Å². The molecule has 0 saturated heterocycles. The van der Waals surface area contributed by atoms with Gasteiger partial charge in [-0.1, -0.05) is 44.2 Å². The van der Waals surface area contributed by atoms with Crippen LogP contribution >= 0.6 is 0 Å². The summed E-state index contributed by atoms with van der Waals surface area (Å²) in [6.45, 7) is 11.6. The van der Waals surface area contributed by atoms with Gasteiger partial charge in [0.2, 0.25) is 0 Å². The van der Waals surface area contributed by atoms with E-state index < -0.39 is 0 Å². The van der Waals surface area contributed by atoms with Crippen LogP contribution < -0.4 is 5.32 Å². The zero-order valence-corrected chi connectivity index (χ0v) is 11.2. The lowest BCUT2D eigenvalue weighted by Gasteiger charge is -2.09. The highest BCUT2D eigenvalue weighted by Crippen LogP contribution is 2.18. The monoisotopic (exact) mass is 229 g/mol. The molecule has 0 aromatic heterocycles. The van der Waals surface area contributed by atoms with E-state index in [4.69, 9.17) is 0 Å². The van der Waals surface area contributed by atoms with E-state index >= 15 is 0 Å². The molecule has 1 N–H and O–H groups in total. The van der Waals surface area contributed by atoms with Crippen molar-refractivity contribution in [2.45, 2.75) is 33.6 Å².